The second-order valence-electron chi connectivity index (χ2n) is 8.44. The van der Waals surface area contributed by atoms with Gasteiger partial charge in [-0.2, -0.15) is 0 Å². The lowest BCUT2D eigenvalue weighted by atomic mass is 10.1. The molecule has 1 aliphatic heterocycles. The lowest BCUT2D eigenvalue weighted by Crippen LogP contribution is -2.35. The zero-order valence-electron chi connectivity index (χ0n) is 21.2. The molecular formula is C29H30N2O6. The van der Waals surface area contributed by atoms with Crippen LogP contribution in [0.25, 0.3) is 6.08 Å². The van der Waals surface area contributed by atoms with Crippen LogP contribution in [0.4, 0.5) is 5.69 Å². The number of ether oxygens (including phenoxy) is 4. The van der Waals surface area contributed by atoms with Crippen molar-refractivity contribution < 1.29 is 28.5 Å². The third kappa shape index (κ3) is 6.48. The first-order valence-corrected chi connectivity index (χ1v) is 12.0. The number of para-hydroxylation sites is 1. The van der Waals surface area contributed by atoms with Crippen molar-refractivity contribution in [1.82, 2.24) is 5.43 Å². The smallest absolute Gasteiger partial charge is 0.282 e. The van der Waals surface area contributed by atoms with E-state index < -0.39 is 11.8 Å². The Hall–Kier alpha value is -4.30. The van der Waals surface area contributed by atoms with E-state index in [0.29, 0.717) is 49.2 Å². The van der Waals surface area contributed by atoms with E-state index in [1.54, 1.807) is 42.5 Å². The summed E-state index contributed by atoms with van der Waals surface area (Å²) >= 11 is 0. The fraction of sp³-hybridized carbons (Fsp3) is 0.241. The molecule has 4 rings (SSSR count). The van der Waals surface area contributed by atoms with E-state index in [1.807, 2.05) is 24.3 Å². The van der Waals surface area contributed by atoms with Crippen molar-refractivity contribution in [2.24, 2.45) is 0 Å². The number of methoxy groups -OCH3 is 1. The second-order valence-corrected chi connectivity index (χ2v) is 8.44. The minimum atomic E-state index is -0.466. The molecule has 37 heavy (non-hydrogen) atoms. The van der Waals surface area contributed by atoms with Gasteiger partial charge in [-0.05, 0) is 73.0 Å². The molecule has 0 radical (unpaired) electrons. The molecule has 3 aromatic rings. The Bertz CT molecular complexity index is 1290. The first kappa shape index (κ1) is 25.8. The number of carbonyl (C=O) groups excluding carboxylic acids is 2. The lowest BCUT2D eigenvalue weighted by Gasteiger charge is -2.14. The average Bonchev–Trinajstić information content (AvgIpc) is 3.19. The molecule has 0 spiro atoms. The molecule has 0 unspecified atom stereocenters. The topological polar surface area (TPSA) is 86.3 Å². The maximum absolute atomic E-state index is 12.8. The van der Waals surface area contributed by atoms with Gasteiger partial charge in [0.1, 0.15) is 24.5 Å². The molecule has 0 atom stereocenters. The van der Waals surface area contributed by atoms with Crippen molar-refractivity contribution in [3.8, 4) is 17.2 Å². The number of carbonyl (C=O) groups is 2. The third-order valence-electron chi connectivity index (χ3n) is 5.86. The van der Waals surface area contributed by atoms with E-state index in [2.05, 4.69) is 19.3 Å². The van der Waals surface area contributed by atoms with E-state index in [9.17, 15) is 9.59 Å². The largest absolute Gasteiger partial charge is 0.493 e. The number of aryl methyl sites for hydroxylation is 2. The van der Waals surface area contributed by atoms with Crippen LogP contribution >= 0.6 is 0 Å². The molecular weight excluding hydrogens is 472 g/mol. The number of hydrogen-bond donors (Lipinski definition) is 1. The van der Waals surface area contributed by atoms with Gasteiger partial charge in [-0.3, -0.25) is 15.0 Å². The molecule has 0 bridgehead atoms. The number of nitrogens with one attached hydrogen (secondary N) is 1. The zero-order chi connectivity index (χ0) is 26.2. The monoisotopic (exact) mass is 502 g/mol. The summed E-state index contributed by atoms with van der Waals surface area (Å²) in [6.45, 7) is 5.72. The van der Waals surface area contributed by atoms with Gasteiger partial charge in [0, 0.05) is 0 Å². The van der Waals surface area contributed by atoms with Crippen LogP contribution < -0.4 is 24.6 Å². The Morgan fingerprint density at radius 3 is 2.30 bits per heavy atom. The van der Waals surface area contributed by atoms with Gasteiger partial charge in [-0.15, -0.1) is 0 Å². The van der Waals surface area contributed by atoms with Crippen LogP contribution in [-0.2, 0) is 14.3 Å². The molecule has 2 amide bonds. The van der Waals surface area contributed by atoms with Crippen LogP contribution in [0, 0.1) is 13.8 Å². The van der Waals surface area contributed by atoms with E-state index in [4.69, 9.17) is 18.9 Å². The molecule has 1 heterocycles. The molecule has 0 aromatic heterocycles. The summed E-state index contributed by atoms with van der Waals surface area (Å²) < 4.78 is 22.6. The van der Waals surface area contributed by atoms with Crippen molar-refractivity contribution >= 4 is 23.6 Å². The normalized spacial score (nSPS) is 14.1. The fourth-order valence-electron chi connectivity index (χ4n) is 3.71. The van der Waals surface area contributed by atoms with Crippen molar-refractivity contribution in [2.75, 3.05) is 38.5 Å². The number of nitrogens with zero attached hydrogens (tertiary/aromatic N) is 1. The van der Waals surface area contributed by atoms with Gasteiger partial charge in [0.2, 0.25) is 0 Å². The zero-order valence-corrected chi connectivity index (χ0v) is 21.2. The van der Waals surface area contributed by atoms with Crippen LogP contribution in [-0.4, -0.2) is 45.4 Å². The van der Waals surface area contributed by atoms with Gasteiger partial charge in [0.25, 0.3) is 11.8 Å². The quantitative estimate of drug-likeness (QED) is 0.240. The number of benzene rings is 3. The number of rotatable bonds is 11. The SMILES string of the molecule is COc1cc(/C=C2/C(=O)NN(c3ccccc3)C2=O)ccc1OCCOCCOc1ccc(C)c(C)c1. The first-order chi connectivity index (χ1) is 18.0. The first-order valence-electron chi connectivity index (χ1n) is 12.0. The highest BCUT2D eigenvalue weighted by Gasteiger charge is 2.34. The maximum Gasteiger partial charge on any atom is 0.282 e. The minimum absolute atomic E-state index is 0.0380. The highest BCUT2D eigenvalue weighted by Crippen LogP contribution is 2.30. The van der Waals surface area contributed by atoms with Gasteiger partial charge in [-0.1, -0.05) is 30.3 Å². The predicted octanol–water partition coefficient (Wildman–Crippen LogP) is 4.25. The Balaban J connectivity index is 1.27. The van der Waals surface area contributed by atoms with E-state index in [-0.39, 0.29) is 5.57 Å². The summed E-state index contributed by atoms with van der Waals surface area (Å²) in [5, 5.41) is 1.23. The van der Waals surface area contributed by atoms with Crippen molar-refractivity contribution in [2.45, 2.75) is 13.8 Å². The summed E-state index contributed by atoms with van der Waals surface area (Å²) in [4.78, 5) is 25.2. The maximum atomic E-state index is 12.8. The van der Waals surface area contributed by atoms with Crippen LogP contribution in [0.1, 0.15) is 16.7 Å². The molecule has 192 valence electrons. The standard InChI is InChI=1S/C29H30N2O6/c1-20-9-11-24(17-21(20)2)36-15-13-35-14-16-37-26-12-10-22(19-27(26)34-3)18-25-28(32)30-31(29(25)33)23-7-5-4-6-8-23/h4-12,17-19H,13-16H2,1-3H3,(H,30,32)/b25-18-. The van der Waals surface area contributed by atoms with E-state index in [0.717, 1.165) is 5.75 Å². The molecule has 1 aliphatic rings. The highest BCUT2D eigenvalue weighted by atomic mass is 16.6. The summed E-state index contributed by atoms with van der Waals surface area (Å²) in [5.41, 5.74) is 6.27. The van der Waals surface area contributed by atoms with E-state index >= 15 is 0 Å². The summed E-state index contributed by atoms with van der Waals surface area (Å²) in [6.07, 6.45) is 1.53. The predicted molar refractivity (Wildman–Crippen MR) is 141 cm³/mol. The Morgan fingerprint density at radius 1 is 0.811 bits per heavy atom. The molecule has 1 N–H and O–H groups in total. The number of amides is 2. The third-order valence-corrected chi connectivity index (χ3v) is 5.86. The Morgan fingerprint density at radius 2 is 1.57 bits per heavy atom. The van der Waals surface area contributed by atoms with Gasteiger partial charge in [0.15, 0.2) is 11.5 Å². The highest BCUT2D eigenvalue weighted by molar-refractivity contribution is 6.31. The molecule has 1 fully saturated rings. The summed E-state index contributed by atoms with van der Waals surface area (Å²) in [6, 6.07) is 20.1. The molecule has 0 aliphatic carbocycles. The lowest BCUT2D eigenvalue weighted by molar-refractivity contribution is -0.117. The van der Waals surface area contributed by atoms with Crippen molar-refractivity contribution in [3.63, 3.8) is 0 Å². The Labute approximate surface area is 216 Å². The van der Waals surface area contributed by atoms with Crippen molar-refractivity contribution in [1.29, 1.82) is 0 Å². The van der Waals surface area contributed by atoms with Crippen LogP contribution in [0.15, 0.2) is 72.3 Å². The number of hydrazine groups is 1. The number of anilines is 1. The van der Waals surface area contributed by atoms with E-state index in [1.165, 1.54) is 29.3 Å². The second kappa shape index (κ2) is 12.1. The molecule has 0 saturated carbocycles. The average molecular weight is 503 g/mol. The summed E-state index contributed by atoms with van der Waals surface area (Å²) in [5.74, 6) is 0.958. The van der Waals surface area contributed by atoms with Crippen LogP contribution in [0.2, 0.25) is 0 Å². The van der Waals surface area contributed by atoms with Gasteiger partial charge in [0.05, 0.1) is 26.0 Å². The molecule has 3 aromatic carbocycles. The summed E-state index contributed by atoms with van der Waals surface area (Å²) in [7, 11) is 1.53. The Kier molecular flexibility index (Phi) is 8.43. The molecule has 8 nitrogen and oxygen atoms in total. The van der Waals surface area contributed by atoms with Gasteiger partial charge >= 0.3 is 0 Å². The van der Waals surface area contributed by atoms with Crippen LogP contribution in [0.3, 0.4) is 0 Å². The number of hydrogen-bond acceptors (Lipinski definition) is 6. The molecule has 8 heteroatoms. The van der Waals surface area contributed by atoms with Crippen LogP contribution in [0.5, 0.6) is 17.2 Å². The minimum Gasteiger partial charge on any atom is -0.493 e. The fourth-order valence-corrected chi connectivity index (χ4v) is 3.71. The van der Waals surface area contributed by atoms with Gasteiger partial charge < -0.3 is 18.9 Å². The van der Waals surface area contributed by atoms with Crippen molar-refractivity contribution in [3.05, 3.63) is 89.0 Å². The van der Waals surface area contributed by atoms with Gasteiger partial charge in [-0.25, -0.2) is 5.01 Å². The molecule has 1 saturated heterocycles.